The van der Waals surface area contributed by atoms with Crippen LogP contribution in [0.5, 0.6) is 0 Å². The van der Waals surface area contributed by atoms with Crippen molar-refractivity contribution in [2.45, 2.75) is 32.3 Å². The van der Waals surface area contributed by atoms with Crippen LogP contribution in [0.25, 0.3) is 0 Å². The lowest BCUT2D eigenvalue weighted by atomic mass is 9.93. The molecule has 0 aliphatic carbocycles. The highest BCUT2D eigenvalue weighted by Crippen LogP contribution is 2.27. The summed E-state index contributed by atoms with van der Waals surface area (Å²) < 4.78 is 10.0. The van der Waals surface area contributed by atoms with Crippen molar-refractivity contribution in [3.8, 4) is 0 Å². The average Bonchev–Trinajstić information content (AvgIpc) is 2.79. The molecule has 19 heavy (non-hydrogen) atoms. The second-order valence-electron chi connectivity index (χ2n) is 4.65. The van der Waals surface area contributed by atoms with Gasteiger partial charge in [-0.25, -0.2) is 4.79 Å². The van der Waals surface area contributed by atoms with Gasteiger partial charge in [-0.2, -0.15) is 0 Å². The highest BCUT2D eigenvalue weighted by atomic mass is 16.6. The molecule has 0 radical (unpaired) electrons. The highest BCUT2D eigenvalue weighted by Gasteiger charge is 2.40. The van der Waals surface area contributed by atoms with E-state index in [2.05, 4.69) is 0 Å². The summed E-state index contributed by atoms with van der Waals surface area (Å²) in [6.07, 6.45) is 1.16. The van der Waals surface area contributed by atoms with Crippen molar-refractivity contribution in [2.75, 3.05) is 6.61 Å². The zero-order valence-electron chi connectivity index (χ0n) is 11.0. The molecule has 4 heteroatoms. The van der Waals surface area contributed by atoms with Crippen LogP contribution in [0.4, 0.5) is 0 Å². The standard InChI is InChI=1S/C15H18O4/c1-2-18-15(17)14-12(10-13(16)19-14)9-8-11-6-4-3-5-7-11/h3-7,12,14H,2,8-10H2,1H3. The van der Waals surface area contributed by atoms with Gasteiger partial charge in [0.05, 0.1) is 13.0 Å². The summed E-state index contributed by atoms with van der Waals surface area (Å²) in [5, 5.41) is 0. The molecule has 1 aromatic carbocycles. The number of ether oxygens (including phenoxy) is 2. The van der Waals surface area contributed by atoms with Crippen LogP contribution in [0.15, 0.2) is 30.3 Å². The smallest absolute Gasteiger partial charge is 0.347 e. The molecule has 0 saturated carbocycles. The molecule has 0 N–H and O–H groups in total. The molecule has 1 aliphatic heterocycles. The zero-order valence-corrected chi connectivity index (χ0v) is 11.0. The Labute approximate surface area is 112 Å². The highest BCUT2D eigenvalue weighted by molar-refractivity contribution is 5.83. The van der Waals surface area contributed by atoms with E-state index in [0.29, 0.717) is 13.0 Å². The number of rotatable bonds is 5. The van der Waals surface area contributed by atoms with E-state index >= 15 is 0 Å². The molecule has 2 rings (SSSR count). The molecule has 1 aliphatic rings. The van der Waals surface area contributed by atoms with Gasteiger partial charge in [0, 0.05) is 5.92 Å². The Morgan fingerprint density at radius 3 is 2.79 bits per heavy atom. The van der Waals surface area contributed by atoms with Crippen LogP contribution in [-0.2, 0) is 25.5 Å². The van der Waals surface area contributed by atoms with Crippen LogP contribution < -0.4 is 0 Å². The molecule has 1 fully saturated rings. The maximum absolute atomic E-state index is 11.7. The van der Waals surface area contributed by atoms with Gasteiger partial charge in [-0.3, -0.25) is 4.79 Å². The fourth-order valence-electron chi connectivity index (χ4n) is 2.32. The third-order valence-electron chi connectivity index (χ3n) is 3.28. The Hall–Kier alpha value is -1.84. The summed E-state index contributed by atoms with van der Waals surface area (Å²) in [7, 11) is 0. The first kappa shape index (κ1) is 13.6. The predicted octanol–water partition coefficient (Wildman–Crippen LogP) is 2.11. The minimum atomic E-state index is -0.726. The summed E-state index contributed by atoms with van der Waals surface area (Å²) in [5.74, 6) is -0.811. The molecular formula is C15H18O4. The summed E-state index contributed by atoms with van der Waals surface area (Å²) >= 11 is 0. The SMILES string of the molecule is CCOC(=O)C1OC(=O)CC1CCc1ccccc1. The third kappa shape index (κ3) is 3.56. The Kier molecular flexibility index (Phi) is 4.55. The Morgan fingerprint density at radius 2 is 2.11 bits per heavy atom. The molecule has 1 aromatic rings. The van der Waals surface area contributed by atoms with Gasteiger partial charge in [0.1, 0.15) is 0 Å². The fourth-order valence-corrected chi connectivity index (χ4v) is 2.32. The first-order chi connectivity index (χ1) is 9.20. The summed E-state index contributed by atoms with van der Waals surface area (Å²) in [6.45, 7) is 2.05. The van der Waals surface area contributed by atoms with E-state index in [1.54, 1.807) is 6.92 Å². The first-order valence-electron chi connectivity index (χ1n) is 6.60. The van der Waals surface area contributed by atoms with Crippen molar-refractivity contribution in [1.82, 2.24) is 0 Å². The lowest BCUT2D eigenvalue weighted by Crippen LogP contribution is -2.29. The molecule has 0 bridgehead atoms. The van der Waals surface area contributed by atoms with Crippen molar-refractivity contribution in [3.63, 3.8) is 0 Å². The summed E-state index contributed by atoms with van der Waals surface area (Å²) in [4.78, 5) is 23.1. The topological polar surface area (TPSA) is 52.6 Å². The zero-order chi connectivity index (χ0) is 13.7. The normalized spacial score (nSPS) is 22.1. The number of esters is 2. The van der Waals surface area contributed by atoms with E-state index in [4.69, 9.17) is 9.47 Å². The minimum Gasteiger partial charge on any atom is -0.463 e. The Bertz CT molecular complexity index is 441. The maximum Gasteiger partial charge on any atom is 0.347 e. The van der Waals surface area contributed by atoms with Crippen LogP contribution in [0.2, 0.25) is 0 Å². The number of hydrogen-bond acceptors (Lipinski definition) is 4. The molecule has 1 saturated heterocycles. The first-order valence-corrected chi connectivity index (χ1v) is 6.60. The molecule has 2 unspecified atom stereocenters. The molecule has 4 nitrogen and oxygen atoms in total. The monoisotopic (exact) mass is 262 g/mol. The number of benzene rings is 1. The van der Waals surface area contributed by atoms with Crippen LogP contribution in [-0.4, -0.2) is 24.6 Å². The molecule has 2 atom stereocenters. The number of carbonyl (C=O) groups is 2. The summed E-state index contributed by atoms with van der Waals surface area (Å²) in [6, 6.07) is 10.0. The van der Waals surface area contributed by atoms with E-state index in [1.165, 1.54) is 5.56 Å². The quantitative estimate of drug-likeness (QED) is 0.763. The number of cyclic esters (lactones) is 1. The number of hydrogen-bond donors (Lipinski definition) is 0. The van der Waals surface area contributed by atoms with Crippen LogP contribution >= 0.6 is 0 Å². The van der Waals surface area contributed by atoms with Gasteiger partial charge in [0.2, 0.25) is 6.10 Å². The Morgan fingerprint density at radius 1 is 1.37 bits per heavy atom. The fraction of sp³-hybridized carbons (Fsp3) is 0.467. The molecule has 0 amide bonds. The van der Waals surface area contributed by atoms with Crippen LogP contribution in [0.3, 0.4) is 0 Å². The second kappa shape index (κ2) is 6.36. The molecular weight excluding hydrogens is 244 g/mol. The number of carbonyl (C=O) groups excluding carboxylic acids is 2. The van der Waals surface area contributed by atoms with Crippen LogP contribution in [0.1, 0.15) is 25.3 Å². The maximum atomic E-state index is 11.7. The van der Waals surface area contributed by atoms with Crippen molar-refractivity contribution in [2.24, 2.45) is 5.92 Å². The van der Waals surface area contributed by atoms with Gasteiger partial charge < -0.3 is 9.47 Å². The van der Waals surface area contributed by atoms with Crippen molar-refractivity contribution in [3.05, 3.63) is 35.9 Å². The van der Waals surface area contributed by atoms with Gasteiger partial charge in [0.25, 0.3) is 0 Å². The van der Waals surface area contributed by atoms with Gasteiger partial charge in [-0.05, 0) is 25.3 Å². The van der Waals surface area contributed by atoms with E-state index in [9.17, 15) is 9.59 Å². The van der Waals surface area contributed by atoms with E-state index in [-0.39, 0.29) is 11.9 Å². The van der Waals surface area contributed by atoms with Gasteiger partial charge in [-0.1, -0.05) is 30.3 Å². The minimum absolute atomic E-state index is 0.0771. The van der Waals surface area contributed by atoms with Crippen molar-refractivity contribution in [1.29, 1.82) is 0 Å². The van der Waals surface area contributed by atoms with Gasteiger partial charge in [0.15, 0.2) is 0 Å². The average molecular weight is 262 g/mol. The van der Waals surface area contributed by atoms with Crippen LogP contribution in [0, 0.1) is 5.92 Å². The van der Waals surface area contributed by atoms with E-state index < -0.39 is 12.1 Å². The molecule has 1 heterocycles. The largest absolute Gasteiger partial charge is 0.463 e. The lowest BCUT2D eigenvalue weighted by Gasteiger charge is -2.15. The van der Waals surface area contributed by atoms with Gasteiger partial charge >= 0.3 is 11.9 Å². The predicted molar refractivity (Wildman–Crippen MR) is 69.4 cm³/mol. The summed E-state index contributed by atoms with van der Waals surface area (Å²) in [5.41, 5.74) is 1.20. The molecule has 0 aromatic heterocycles. The van der Waals surface area contributed by atoms with E-state index in [1.807, 2.05) is 30.3 Å². The third-order valence-corrected chi connectivity index (χ3v) is 3.28. The lowest BCUT2D eigenvalue weighted by molar-refractivity contribution is -0.162. The number of aryl methyl sites for hydroxylation is 1. The Balaban J connectivity index is 1.94. The molecule has 102 valence electrons. The van der Waals surface area contributed by atoms with Gasteiger partial charge in [-0.15, -0.1) is 0 Å². The van der Waals surface area contributed by atoms with Crippen molar-refractivity contribution >= 4 is 11.9 Å². The van der Waals surface area contributed by atoms with Crippen molar-refractivity contribution < 1.29 is 19.1 Å². The van der Waals surface area contributed by atoms with E-state index in [0.717, 1.165) is 12.8 Å². The second-order valence-corrected chi connectivity index (χ2v) is 4.65. The molecule has 0 spiro atoms.